The Kier molecular flexibility index (Phi) is 5.19. The Morgan fingerprint density at radius 2 is 2.17 bits per heavy atom. The number of hydrogen-bond donors (Lipinski definition) is 1. The van der Waals surface area contributed by atoms with Gasteiger partial charge in [0.1, 0.15) is 6.04 Å². The number of rotatable bonds is 5. The van der Waals surface area contributed by atoms with Gasteiger partial charge in [0, 0.05) is 12.7 Å². The number of nitrogens with one attached hydrogen (secondary N) is 1. The van der Waals surface area contributed by atoms with E-state index in [-0.39, 0.29) is 11.6 Å². The lowest BCUT2D eigenvalue weighted by atomic mass is 10.3. The quantitative estimate of drug-likeness (QED) is 0.798. The van der Waals surface area contributed by atoms with Gasteiger partial charge in [0.05, 0.1) is 29.2 Å². The molecular weight excluding hydrogens is 366 g/mol. The van der Waals surface area contributed by atoms with Crippen molar-refractivity contribution >= 4 is 33.5 Å². The zero-order chi connectivity index (χ0) is 17.1. The number of amides is 1. The first-order valence-electron chi connectivity index (χ1n) is 7.05. The molecule has 0 radical (unpaired) electrons. The maximum absolute atomic E-state index is 12.5. The van der Waals surface area contributed by atoms with Crippen LogP contribution in [0.25, 0.3) is 0 Å². The molecule has 8 nitrogen and oxygen atoms in total. The van der Waals surface area contributed by atoms with Crippen LogP contribution in [0.2, 0.25) is 0 Å². The van der Waals surface area contributed by atoms with E-state index in [2.05, 4.69) is 31.4 Å². The Bertz CT molecular complexity index is 737. The van der Waals surface area contributed by atoms with Crippen molar-refractivity contribution in [2.75, 3.05) is 12.4 Å². The molecule has 0 aliphatic carbocycles. The van der Waals surface area contributed by atoms with E-state index in [4.69, 9.17) is 4.74 Å². The van der Waals surface area contributed by atoms with Gasteiger partial charge in [-0.2, -0.15) is 10.2 Å². The second-order valence-corrected chi connectivity index (χ2v) is 5.78. The largest absolute Gasteiger partial charge is 0.464 e. The van der Waals surface area contributed by atoms with Crippen molar-refractivity contribution in [1.29, 1.82) is 0 Å². The van der Waals surface area contributed by atoms with Crippen LogP contribution in [0.5, 0.6) is 0 Å². The zero-order valence-corrected chi connectivity index (χ0v) is 14.9. The van der Waals surface area contributed by atoms with Crippen LogP contribution < -0.4 is 5.32 Å². The fraction of sp³-hybridized carbons (Fsp3) is 0.429. The van der Waals surface area contributed by atoms with Gasteiger partial charge in [-0.15, -0.1) is 0 Å². The average molecular weight is 384 g/mol. The van der Waals surface area contributed by atoms with E-state index < -0.39 is 12.0 Å². The van der Waals surface area contributed by atoms with E-state index >= 15 is 0 Å². The Morgan fingerprint density at radius 1 is 1.48 bits per heavy atom. The molecule has 0 fully saturated rings. The van der Waals surface area contributed by atoms with Crippen molar-refractivity contribution in [1.82, 2.24) is 19.6 Å². The number of nitrogens with zero attached hydrogens (tertiary/aromatic N) is 4. The fourth-order valence-corrected chi connectivity index (χ4v) is 2.34. The summed E-state index contributed by atoms with van der Waals surface area (Å²) in [4.78, 5) is 24.2. The first kappa shape index (κ1) is 17.2. The number of anilines is 1. The molecule has 1 atom stereocenters. The first-order chi connectivity index (χ1) is 10.9. The summed E-state index contributed by atoms with van der Waals surface area (Å²) in [5.41, 5.74) is 1.23. The maximum atomic E-state index is 12.5. The number of halogens is 1. The Hall–Kier alpha value is -2.16. The molecule has 1 N–H and O–H groups in total. The van der Waals surface area contributed by atoms with Gasteiger partial charge >= 0.3 is 5.97 Å². The second kappa shape index (κ2) is 6.95. The van der Waals surface area contributed by atoms with E-state index in [9.17, 15) is 9.59 Å². The van der Waals surface area contributed by atoms with Gasteiger partial charge in [-0.3, -0.25) is 14.2 Å². The van der Waals surface area contributed by atoms with Crippen LogP contribution in [-0.2, 0) is 16.1 Å². The van der Waals surface area contributed by atoms with Crippen LogP contribution in [-0.4, -0.2) is 38.5 Å². The minimum absolute atomic E-state index is 0.0771. The monoisotopic (exact) mass is 383 g/mol. The van der Waals surface area contributed by atoms with Gasteiger partial charge in [0.2, 0.25) is 5.91 Å². The SMILES string of the molecule is CCn1cc(NC(=O)C(C)n2ncc(Br)c2C)c(C(=O)OC)n1. The lowest BCUT2D eigenvalue weighted by Crippen LogP contribution is -2.25. The van der Waals surface area contributed by atoms with E-state index in [1.165, 1.54) is 7.11 Å². The smallest absolute Gasteiger partial charge is 0.360 e. The lowest BCUT2D eigenvalue weighted by Gasteiger charge is -2.14. The van der Waals surface area contributed by atoms with Crippen molar-refractivity contribution in [3.8, 4) is 0 Å². The standard InChI is InChI=1S/C14H18BrN5O3/c1-5-19-7-11(12(18-19)14(22)23-4)17-13(21)9(3)20-8(2)10(15)6-16-20/h6-7,9H,5H2,1-4H3,(H,17,21). The number of ether oxygens (including phenoxy) is 1. The molecule has 2 aromatic heterocycles. The molecule has 0 saturated heterocycles. The summed E-state index contributed by atoms with van der Waals surface area (Å²) in [6.45, 7) is 6.03. The summed E-state index contributed by atoms with van der Waals surface area (Å²) in [6, 6.07) is -0.545. The highest BCUT2D eigenvalue weighted by atomic mass is 79.9. The molecule has 0 aliphatic rings. The Balaban J connectivity index is 2.24. The molecule has 1 amide bonds. The molecule has 1 unspecified atom stereocenters. The van der Waals surface area contributed by atoms with Crippen LogP contribution in [0.4, 0.5) is 5.69 Å². The summed E-state index contributed by atoms with van der Waals surface area (Å²) in [5, 5.41) is 11.0. The molecular formula is C14H18BrN5O3. The van der Waals surface area contributed by atoms with Crippen LogP contribution in [0, 0.1) is 6.92 Å². The highest BCUT2D eigenvalue weighted by Crippen LogP contribution is 2.21. The summed E-state index contributed by atoms with van der Waals surface area (Å²) in [5.74, 6) is -0.900. The van der Waals surface area contributed by atoms with Crippen LogP contribution in [0.1, 0.15) is 36.1 Å². The van der Waals surface area contributed by atoms with Crippen LogP contribution in [0.15, 0.2) is 16.9 Å². The lowest BCUT2D eigenvalue weighted by molar-refractivity contribution is -0.119. The normalized spacial score (nSPS) is 12.0. The number of aromatic nitrogens is 4. The predicted octanol–water partition coefficient (Wildman–Crippen LogP) is 2.16. The number of esters is 1. The van der Waals surface area contributed by atoms with Gasteiger partial charge in [0.15, 0.2) is 5.69 Å². The Labute approximate surface area is 141 Å². The highest BCUT2D eigenvalue weighted by Gasteiger charge is 2.23. The summed E-state index contributed by atoms with van der Waals surface area (Å²) in [7, 11) is 1.27. The molecule has 0 spiro atoms. The number of hydrogen-bond acceptors (Lipinski definition) is 5. The Morgan fingerprint density at radius 3 is 2.70 bits per heavy atom. The van der Waals surface area contributed by atoms with Crippen molar-refractivity contribution in [3.05, 3.63) is 28.3 Å². The summed E-state index contributed by atoms with van der Waals surface area (Å²) in [6.07, 6.45) is 3.23. The second-order valence-electron chi connectivity index (χ2n) is 4.93. The molecule has 0 aliphatic heterocycles. The van der Waals surface area contributed by atoms with Gasteiger partial charge < -0.3 is 10.1 Å². The molecule has 9 heteroatoms. The molecule has 0 bridgehead atoms. The molecule has 23 heavy (non-hydrogen) atoms. The van der Waals surface area contributed by atoms with E-state index in [0.717, 1.165) is 10.2 Å². The summed E-state index contributed by atoms with van der Waals surface area (Å²) >= 11 is 3.36. The van der Waals surface area contributed by atoms with E-state index in [1.54, 1.807) is 28.7 Å². The number of aryl methyl sites for hydroxylation is 1. The minimum Gasteiger partial charge on any atom is -0.464 e. The molecule has 2 heterocycles. The molecule has 0 aromatic carbocycles. The van der Waals surface area contributed by atoms with Crippen molar-refractivity contribution < 1.29 is 14.3 Å². The van der Waals surface area contributed by atoms with Gasteiger partial charge in [-0.25, -0.2) is 4.79 Å². The third kappa shape index (κ3) is 3.44. The van der Waals surface area contributed by atoms with E-state index in [0.29, 0.717) is 12.2 Å². The fourth-order valence-electron chi connectivity index (χ4n) is 2.06. The highest BCUT2D eigenvalue weighted by molar-refractivity contribution is 9.10. The van der Waals surface area contributed by atoms with E-state index in [1.807, 2.05) is 13.8 Å². The number of carbonyl (C=O) groups excluding carboxylic acids is 2. The topological polar surface area (TPSA) is 91.0 Å². The van der Waals surface area contributed by atoms with Crippen molar-refractivity contribution in [2.45, 2.75) is 33.4 Å². The number of methoxy groups -OCH3 is 1. The van der Waals surface area contributed by atoms with Gasteiger partial charge in [0.25, 0.3) is 0 Å². The minimum atomic E-state index is -0.599. The molecule has 2 aromatic rings. The number of carbonyl (C=O) groups is 2. The third-order valence-corrected chi connectivity index (χ3v) is 4.23. The average Bonchev–Trinajstić information content (AvgIpc) is 3.10. The van der Waals surface area contributed by atoms with Crippen LogP contribution >= 0.6 is 15.9 Å². The van der Waals surface area contributed by atoms with Crippen LogP contribution in [0.3, 0.4) is 0 Å². The van der Waals surface area contributed by atoms with Gasteiger partial charge in [-0.1, -0.05) is 0 Å². The third-order valence-electron chi connectivity index (χ3n) is 3.45. The molecule has 2 rings (SSSR count). The zero-order valence-electron chi connectivity index (χ0n) is 13.3. The predicted molar refractivity (Wildman–Crippen MR) is 87.2 cm³/mol. The van der Waals surface area contributed by atoms with Crippen molar-refractivity contribution in [3.63, 3.8) is 0 Å². The maximum Gasteiger partial charge on any atom is 0.360 e. The van der Waals surface area contributed by atoms with Gasteiger partial charge in [-0.05, 0) is 36.7 Å². The molecule has 124 valence electrons. The molecule has 0 saturated carbocycles. The van der Waals surface area contributed by atoms with Crippen molar-refractivity contribution in [2.24, 2.45) is 0 Å². The summed E-state index contributed by atoms with van der Waals surface area (Å²) < 4.78 is 8.68. The first-order valence-corrected chi connectivity index (χ1v) is 7.84.